The van der Waals surface area contributed by atoms with E-state index < -0.39 is 18.0 Å². The Labute approximate surface area is 162 Å². The zero-order chi connectivity index (χ0) is 20.4. The molecule has 146 valence electrons. The normalized spacial score (nSPS) is 11.4. The molecule has 0 bridgehead atoms. The fourth-order valence-electron chi connectivity index (χ4n) is 2.72. The highest BCUT2D eigenvalue weighted by atomic mass is 19.4. The van der Waals surface area contributed by atoms with Gasteiger partial charge in [0, 0.05) is 6.20 Å². The van der Waals surface area contributed by atoms with E-state index in [0.29, 0.717) is 5.82 Å². The van der Waals surface area contributed by atoms with E-state index in [1.807, 2.05) is 0 Å². The van der Waals surface area contributed by atoms with Crippen LogP contribution >= 0.6 is 0 Å². The Bertz CT molecular complexity index is 1170. The molecule has 0 spiro atoms. The lowest BCUT2D eigenvalue weighted by atomic mass is 10.1. The summed E-state index contributed by atoms with van der Waals surface area (Å²) in [6.07, 6.45) is -3.34. The number of rotatable bonds is 4. The van der Waals surface area contributed by atoms with Gasteiger partial charge < -0.3 is 14.5 Å². The third-order valence-electron chi connectivity index (χ3n) is 3.91. The van der Waals surface area contributed by atoms with Crippen molar-refractivity contribution >= 4 is 22.8 Å². The molecule has 29 heavy (non-hydrogen) atoms. The van der Waals surface area contributed by atoms with Crippen LogP contribution in [0.5, 0.6) is 5.75 Å². The van der Waals surface area contributed by atoms with Gasteiger partial charge in [0.1, 0.15) is 17.1 Å². The molecule has 1 amide bonds. The van der Waals surface area contributed by atoms with Crippen LogP contribution in [0.1, 0.15) is 10.4 Å². The standard InChI is InChI=1S/C20H12F3N3O3/c21-20(22,23)29-14-8-2-1-6-12(14)19-26-17-13(7-5-9-15(17)28-19)18(27)25-16-10-3-4-11-24-16/h1-11H,(H,24,25,27). The number of carbonyl (C=O) groups excluding carboxylic acids is 1. The van der Waals surface area contributed by atoms with E-state index in [4.69, 9.17) is 4.42 Å². The van der Waals surface area contributed by atoms with Crippen LogP contribution < -0.4 is 10.1 Å². The zero-order valence-corrected chi connectivity index (χ0v) is 14.6. The van der Waals surface area contributed by atoms with E-state index in [1.54, 1.807) is 30.3 Å². The fourth-order valence-corrected chi connectivity index (χ4v) is 2.72. The number of hydrogen-bond donors (Lipinski definition) is 1. The van der Waals surface area contributed by atoms with Crippen molar-refractivity contribution in [2.24, 2.45) is 0 Å². The summed E-state index contributed by atoms with van der Waals surface area (Å²) >= 11 is 0. The molecular formula is C20H12F3N3O3. The second-order valence-electron chi connectivity index (χ2n) is 5.88. The number of amides is 1. The molecule has 0 aliphatic heterocycles. The number of aromatic nitrogens is 2. The van der Waals surface area contributed by atoms with Gasteiger partial charge in [-0.1, -0.05) is 24.3 Å². The number of carbonyl (C=O) groups is 1. The Morgan fingerprint density at radius 3 is 2.55 bits per heavy atom. The van der Waals surface area contributed by atoms with Crippen molar-refractivity contribution in [1.82, 2.24) is 9.97 Å². The summed E-state index contributed by atoms with van der Waals surface area (Å²) in [6, 6.07) is 15.2. The predicted molar refractivity (Wildman–Crippen MR) is 98.3 cm³/mol. The van der Waals surface area contributed by atoms with Crippen molar-refractivity contribution < 1.29 is 27.1 Å². The smallest absolute Gasteiger partial charge is 0.436 e. The van der Waals surface area contributed by atoms with Gasteiger partial charge in [-0.05, 0) is 36.4 Å². The number of alkyl halides is 3. The number of oxazole rings is 1. The molecule has 9 heteroatoms. The van der Waals surface area contributed by atoms with E-state index >= 15 is 0 Å². The lowest BCUT2D eigenvalue weighted by Gasteiger charge is -2.11. The summed E-state index contributed by atoms with van der Waals surface area (Å²) in [7, 11) is 0. The Morgan fingerprint density at radius 1 is 1.00 bits per heavy atom. The highest BCUT2D eigenvalue weighted by Gasteiger charge is 2.32. The van der Waals surface area contributed by atoms with Gasteiger partial charge in [0.25, 0.3) is 5.91 Å². The van der Waals surface area contributed by atoms with Gasteiger partial charge >= 0.3 is 6.36 Å². The molecule has 0 saturated heterocycles. The van der Waals surface area contributed by atoms with Gasteiger partial charge in [0.2, 0.25) is 5.89 Å². The van der Waals surface area contributed by atoms with E-state index in [1.165, 1.54) is 30.5 Å². The first-order chi connectivity index (χ1) is 13.9. The molecule has 6 nitrogen and oxygen atoms in total. The summed E-state index contributed by atoms with van der Waals surface area (Å²) in [5.41, 5.74) is 0.655. The number of benzene rings is 2. The third-order valence-corrected chi connectivity index (χ3v) is 3.91. The Morgan fingerprint density at radius 2 is 1.79 bits per heavy atom. The number of nitrogens with zero attached hydrogens (tertiary/aromatic N) is 2. The minimum Gasteiger partial charge on any atom is -0.436 e. The highest BCUT2D eigenvalue weighted by molar-refractivity contribution is 6.11. The highest BCUT2D eigenvalue weighted by Crippen LogP contribution is 2.35. The van der Waals surface area contributed by atoms with Crippen molar-refractivity contribution in [3.63, 3.8) is 0 Å². The molecule has 0 radical (unpaired) electrons. The first-order valence-electron chi connectivity index (χ1n) is 8.38. The quantitative estimate of drug-likeness (QED) is 0.520. The van der Waals surface area contributed by atoms with Crippen LogP contribution in [0.4, 0.5) is 19.0 Å². The van der Waals surface area contributed by atoms with E-state index in [2.05, 4.69) is 20.0 Å². The first-order valence-corrected chi connectivity index (χ1v) is 8.38. The second kappa shape index (κ2) is 7.27. The number of fused-ring (bicyclic) bond motifs is 1. The minimum absolute atomic E-state index is 0.0112. The van der Waals surface area contributed by atoms with Gasteiger partial charge in [0.05, 0.1) is 11.1 Å². The van der Waals surface area contributed by atoms with E-state index in [-0.39, 0.29) is 28.1 Å². The van der Waals surface area contributed by atoms with Crippen LogP contribution in [0.15, 0.2) is 71.3 Å². The van der Waals surface area contributed by atoms with Crippen LogP contribution in [-0.4, -0.2) is 22.2 Å². The number of anilines is 1. The molecule has 0 fully saturated rings. The minimum atomic E-state index is -4.87. The topological polar surface area (TPSA) is 77.2 Å². The Balaban J connectivity index is 1.73. The first kappa shape index (κ1) is 18.5. The third kappa shape index (κ3) is 4.03. The van der Waals surface area contributed by atoms with Gasteiger partial charge in [0.15, 0.2) is 5.58 Å². The van der Waals surface area contributed by atoms with Crippen molar-refractivity contribution in [2.45, 2.75) is 6.36 Å². The molecule has 2 heterocycles. The lowest BCUT2D eigenvalue weighted by molar-refractivity contribution is -0.274. The summed E-state index contributed by atoms with van der Waals surface area (Å²) in [5, 5.41) is 2.64. The molecular weight excluding hydrogens is 387 g/mol. The molecule has 2 aromatic heterocycles. The van der Waals surface area contributed by atoms with Crippen LogP contribution in [0.2, 0.25) is 0 Å². The van der Waals surface area contributed by atoms with Gasteiger partial charge in [-0.2, -0.15) is 0 Å². The molecule has 0 saturated carbocycles. The summed E-state index contributed by atoms with van der Waals surface area (Å²) < 4.78 is 47.7. The van der Waals surface area contributed by atoms with Crippen LogP contribution in [0, 0.1) is 0 Å². The number of ether oxygens (including phenoxy) is 1. The van der Waals surface area contributed by atoms with Crippen molar-refractivity contribution in [1.29, 1.82) is 0 Å². The summed E-state index contributed by atoms with van der Waals surface area (Å²) in [4.78, 5) is 20.9. The molecule has 0 unspecified atom stereocenters. The zero-order valence-electron chi connectivity index (χ0n) is 14.6. The number of nitrogens with one attached hydrogen (secondary N) is 1. The second-order valence-corrected chi connectivity index (χ2v) is 5.88. The maximum atomic E-state index is 12.7. The Kier molecular flexibility index (Phi) is 4.63. The van der Waals surface area contributed by atoms with Crippen molar-refractivity contribution in [3.8, 4) is 17.2 Å². The van der Waals surface area contributed by atoms with Gasteiger partial charge in [-0.3, -0.25) is 4.79 Å². The molecule has 1 N–H and O–H groups in total. The monoisotopic (exact) mass is 399 g/mol. The van der Waals surface area contributed by atoms with E-state index in [0.717, 1.165) is 6.07 Å². The molecule has 2 aromatic carbocycles. The van der Waals surface area contributed by atoms with Gasteiger partial charge in [-0.25, -0.2) is 9.97 Å². The van der Waals surface area contributed by atoms with Crippen LogP contribution in [0.25, 0.3) is 22.6 Å². The molecule has 4 rings (SSSR count). The predicted octanol–water partition coefficient (Wildman–Crippen LogP) is 5.04. The van der Waals surface area contributed by atoms with Crippen molar-refractivity contribution in [3.05, 3.63) is 72.4 Å². The average Bonchev–Trinajstić information content (AvgIpc) is 3.12. The van der Waals surface area contributed by atoms with Crippen LogP contribution in [-0.2, 0) is 0 Å². The lowest BCUT2D eigenvalue weighted by Crippen LogP contribution is -2.17. The molecule has 0 aliphatic rings. The average molecular weight is 399 g/mol. The van der Waals surface area contributed by atoms with Gasteiger partial charge in [-0.15, -0.1) is 13.2 Å². The molecule has 0 atom stereocenters. The number of halogens is 3. The number of hydrogen-bond acceptors (Lipinski definition) is 5. The number of pyridine rings is 1. The largest absolute Gasteiger partial charge is 0.573 e. The Hall–Kier alpha value is -3.88. The summed E-state index contributed by atoms with van der Waals surface area (Å²) in [5.74, 6) is -0.680. The SMILES string of the molecule is O=C(Nc1ccccn1)c1cccc2oc(-c3ccccc3OC(F)(F)F)nc12. The molecule has 4 aromatic rings. The summed E-state index contributed by atoms with van der Waals surface area (Å²) in [6.45, 7) is 0. The molecule has 0 aliphatic carbocycles. The maximum Gasteiger partial charge on any atom is 0.573 e. The van der Waals surface area contributed by atoms with E-state index in [9.17, 15) is 18.0 Å². The fraction of sp³-hybridized carbons (Fsp3) is 0.0500. The van der Waals surface area contributed by atoms with Crippen molar-refractivity contribution in [2.75, 3.05) is 5.32 Å². The maximum absolute atomic E-state index is 12.7. The number of para-hydroxylation sites is 2. The van der Waals surface area contributed by atoms with Crippen LogP contribution in [0.3, 0.4) is 0 Å².